The summed E-state index contributed by atoms with van der Waals surface area (Å²) in [7, 11) is 0. The lowest BCUT2D eigenvalue weighted by Gasteiger charge is -2.05. The summed E-state index contributed by atoms with van der Waals surface area (Å²) >= 11 is 0. The van der Waals surface area contributed by atoms with E-state index < -0.39 is 0 Å². The fourth-order valence-corrected chi connectivity index (χ4v) is 1.73. The number of benzene rings is 1. The minimum absolute atomic E-state index is 0.139. The molecule has 0 aliphatic rings. The van der Waals surface area contributed by atoms with Gasteiger partial charge in [-0.05, 0) is 31.9 Å². The van der Waals surface area contributed by atoms with Crippen LogP contribution in [0.1, 0.15) is 16.7 Å². The number of aromatic nitrogens is 1. The van der Waals surface area contributed by atoms with E-state index in [0.717, 1.165) is 27.6 Å². The minimum atomic E-state index is 0.139. The van der Waals surface area contributed by atoms with Crippen LogP contribution in [0.25, 0.3) is 10.9 Å². The molecule has 0 aliphatic heterocycles. The zero-order chi connectivity index (χ0) is 10.3. The van der Waals surface area contributed by atoms with Gasteiger partial charge in [-0.15, -0.1) is 0 Å². The Morgan fingerprint density at radius 2 is 1.64 bits per heavy atom. The molecule has 0 amide bonds. The molecule has 0 bridgehead atoms. The van der Waals surface area contributed by atoms with E-state index in [4.69, 9.17) is 0 Å². The highest BCUT2D eigenvalue weighted by Crippen LogP contribution is 2.16. The lowest BCUT2D eigenvalue weighted by Crippen LogP contribution is -2.08. The molecule has 2 heteroatoms. The van der Waals surface area contributed by atoms with Crippen LogP contribution >= 0.6 is 0 Å². The van der Waals surface area contributed by atoms with E-state index >= 15 is 0 Å². The van der Waals surface area contributed by atoms with Gasteiger partial charge in [0, 0.05) is 17.1 Å². The molecule has 14 heavy (non-hydrogen) atoms. The molecule has 1 N–H and O–H groups in total. The summed E-state index contributed by atoms with van der Waals surface area (Å²) in [5, 5.41) is 0.824. The van der Waals surface area contributed by atoms with Gasteiger partial charge in [0.05, 0.1) is 5.52 Å². The predicted octanol–water partition coefficient (Wildman–Crippen LogP) is 2.45. The van der Waals surface area contributed by atoms with E-state index in [-0.39, 0.29) is 5.43 Å². The number of hydrogen-bond donors (Lipinski definition) is 1. The number of rotatable bonds is 0. The van der Waals surface area contributed by atoms with Gasteiger partial charge in [-0.3, -0.25) is 4.79 Å². The molecule has 0 saturated heterocycles. The molecular weight excluding hydrogens is 174 g/mol. The zero-order valence-corrected chi connectivity index (χ0v) is 8.64. The highest BCUT2D eigenvalue weighted by atomic mass is 16.1. The first kappa shape index (κ1) is 9.00. The lowest BCUT2D eigenvalue weighted by atomic mass is 10.0. The molecule has 1 aromatic carbocycles. The Morgan fingerprint density at radius 1 is 1.00 bits per heavy atom. The van der Waals surface area contributed by atoms with Gasteiger partial charge in [-0.25, -0.2) is 0 Å². The third-order valence-electron chi connectivity index (χ3n) is 2.64. The molecule has 2 nitrogen and oxygen atoms in total. The van der Waals surface area contributed by atoms with Gasteiger partial charge in [0.25, 0.3) is 0 Å². The van der Waals surface area contributed by atoms with Crippen LogP contribution in [0.15, 0.2) is 23.1 Å². The second-order valence-electron chi connectivity index (χ2n) is 3.75. The Bertz CT molecular complexity index is 552. The normalized spacial score (nSPS) is 10.8. The van der Waals surface area contributed by atoms with Crippen molar-refractivity contribution < 1.29 is 0 Å². The maximum atomic E-state index is 11.9. The molecular formula is C12H13NO. The second kappa shape index (κ2) is 2.98. The number of H-pyrrole nitrogens is 1. The molecule has 1 heterocycles. The number of aromatic amines is 1. The third-order valence-corrected chi connectivity index (χ3v) is 2.64. The average Bonchev–Trinajstić information content (AvgIpc) is 2.16. The first-order valence-electron chi connectivity index (χ1n) is 4.69. The summed E-state index contributed by atoms with van der Waals surface area (Å²) in [5.74, 6) is 0. The maximum Gasteiger partial charge on any atom is 0.192 e. The van der Waals surface area contributed by atoms with Crippen molar-refractivity contribution >= 4 is 10.9 Å². The van der Waals surface area contributed by atoms with Gasteiger partial charge in [0.2, 0.25) is 0 Å². The molecule has 2 rings (SSSR count). The first-order chi connectivity index (χ1) is 6.61. The Morgan fingerprint density at radius 3 is 2.36 bits per heavy atom. The summed E-state index contributed by atoms with van der Waals surface area (Å²) in [6.45, 7) is 5.81. The van der Waals surface area contributed by atoms with Crippen LogP contribution in [0.2, 0.25) is 0 Å². The van der Waals surface area contributed by atoms with Crippen LogP contribution in [0.4, 0.5) is 0 Å². The Hall–Kier alpha value is -1.57. The Kier molecular flexibility index (Phi) is 1.92. The van der Waals surface area contributed by atoms with Crippen LogP contribution in [0.5, 0.6) is 0 Å². The van der Waals surface area contributed by atoms with Crippen molar-refractivity contribution in [3.05, 3.63) is 45.2 Å². The summed E-state index contributed by atoms with van der Waals surface area (Å²) in [5.41, 5.74) is 4.02. The van der Waals surface area contributed by atoms with Crippen LogP contribution in [0.3, 0.4) is 0 Å². The third kappa shape index (κ3) is 1.15. The van der Waals surface area contributed by atoms with Crippen LogP contribution in [-0.2, 0) is 0 Å². The van der Waals surface area contributed by atoms with Crippen molar-refractivity contribution in [1.29, 1.82) is 0 Å². The summed E-state index contributed by atoms with van der Waals surface area (Å²) in [6.07, 6.45) is 1.77. The van der Waals surface area contributed by atoms with E-state index in [1.54, 1.807) is 6.20 Å². The van der Waals surface area contributed by atoms with E-state index in [1.165, 1.54) is 0 Å². The Labute approximate surface area is 82.6 Å². The zero-order valence-electron chi connectivity index (χ0n) is 8.64. The number of hydrogen-bond acceptors (Lipinski definition) is 1. The molecule has 0 unspecified atom stereocenters. The van der Waals surface area contributed by atoms with Crippen molar-refractivity contribution in [3.63, 3.8) is 0 Å². The van der Waals surface area contributed by atoms with E-state index in [9.17, 15) is 4.79 Å². The SMILES string of the molecule is Cc1c[nH]c2c(C)ccc(C)c2c1=O. The number of aryl methyl sites for hydroxylation is 3. The number of fused-ring (bicyclic) bond motifs is 1. The largest absolute Gasteiger partial charge is 0.360 e. The fourth-order valence-electron chi connectivity index (χ4n) is 1.73. The maximum absolute atomic E-state index is 11.9. The molecule has 0 atom stereocenters. The number of nitrogens with one attached hydrogen (secondary N) is 1. The predicted molar refractivity (Wildman–Crippen MR) is 58.8 cm³/mol. The van der Waals surface area contributed by atoms with Gasteiger partial charge < -0.3 is 4.98 Å². The standard InChI is InChI=1S/C12H13NO/c1-7-4-5-8(2)11-10(7)12(14)9(3)6-13-11/h4-6H,1-3H3,(H,13,14). The van der Waals surface area contributed by atoms with Crippen molar-refractivity contribution in [3.8, 4) is 0 Å². The van der Waals surface area contributed by atoms with Gasteiger partial charge in [-0.2, -0.15) is 0 Å². The molecule has 0 fully saturated rings. The van der Waals surface area contributed by atoms with Crippen molar-refractivity contribution in [1.82, 2.24) is 4.98 Å². The highest BCUT2D eigenvalue weighted by Gasteiger charge is 2.05. The van der Waals surface area contributed by atoms with Gasteiger partial charge in [0.15, 0.2) is 5.43 Å². The van der Waals surface area contributed by atoms with Crippen molar-refractivity contribution in [2.24, 2.45) is 0 Å². The highest BCUT2D eigenvalue weighted by molar-refractivity contribution is 5.84. The Balaban J connectivity index is 3.09. The molecule has 0 spiro atoms. The van der Waals surface area contributed by atoms with Crippen LogP contribution in [0, 0.1) is 20.8 Å². The first-order valence-corrected chi connectivity index (χ1v) is 4.69. The lowest BCUT2D eigenvalue weighted by molar-refractivity contribution is 1.27. The van der Waals surface area contributed by atoms with Crippen molar-refractivity contribution in [2.45, 2.75) is 20.8 Å². The smallest absolute Gasteiger partial charge is 0.192 e. The fraction of sp³-hybridized carbons (Fsp3) is 0.250. The number of pyridine rings is 1. The molecule has 72 valence electrons. The molecule has 1 aromatic heterocycles. The second-order valence-corrected chi connectivity index (χ2v) is 3.75. The van der Waals surface area contributed by atoms with Gasteiger partial charge in [0.1, 0.15) is 0 Å². The molecule has 0 aliphatic carbocycles. The van der Waals surface area contributed by atoms with Gasteiger partial charge in [-0.1, -0.05) is 12.1 Å². The topological polar surface area (TPSA) is 32.9 Å². The monoisotopic (exact) mass is 187 g/mol. The average molecular weight is 187 g/mol. The molecule has 2 aromatic rings. The van der Waals surface area contributed by atoms with Crippen LogP contribution in [-0.4, -0.2) is 4.98 Å². The minimum Gasteiger partial charge on any atom is -0.360 e. The van der Waals surface area contributed by atoms with Crippen LogP contribution < -0.4 is 5.43 Å². The summed E-state index contributed by atoms with van der Waals surface area (Å²) < 4.78 is 0. The molecule has 0 radical (unpaired) electrons. The quantitative estimate of drug-likeness (QED) is 0.675. The van der Waals surface area contributed by atoms with E-state index in [2.05, 4.69) is 4.98 Å². The molecule has 0 saturated carbocycles. The van der Waals surface area contributed by atoms with E-state index in [0.29, 0.717) is 0 Å². The van der Waals surface area contributed by atoms with Crippen molar-refractivity contribution in [2.75, 3.05) is 0 Å². The van der Waals surface area contributed by atoms with E-state index in [1.807, 2.05) is 32.9 Å². The summed E-state index contributed by atoms with van der Waals surface area (Å²) in [4.78, 5) is 15.1. The summed E-state index contributed by atoms with van der Waals surface area (Å²) in [6, 6.07) is 4.02. The van der Waals surface area contributed by atoms with Gasteiger partial charge >= 0.3 is 0 Å².